The van der Waals surface area contributed by atoms with Crippen molar-refractivity contribution in [2.45, 2.75) is 20.8 Å². The van der Waals surface area contributed by atoms with E-state index < -0.39 is 11.8 Å². The van der Waals surface area contributed by atoms with Gasteiger partial charge in [-0.15, -0.1) is 11.8 Å². The highest BCUT2D eigenvalue weighted by molar-refractivity contribution is 8.00. The van der Waals surface area contributed by atoms with Crippen LogP contribution in [0.25, 0.3) is 0 Å². The molecule has 0 atom stereocenters. The van der Waals surface area contributed by atoms with Gasteiger partial charge in [-0.3, -0.25) is 19.7 Å². The van der Waals surface area contributed by atoms with Crippen molar-refractivity contribution in [2.75, 3.05) is 24.7 Å². The molecule has 0 unspecified atom stereocenters. The largest absolute Gasteiger partial charge is 0.395 e. The predicted octanol–water partition coefficient (Wildman–Crippen LogP) is -0.358. The fourth-order valence-corrected chi connectivity index (χ4v) is 2.53. The molecule has 3 amide bonds. The maximum atomic E-state index is 11.9. The molecular weight excluding hydrogens is 306 g/mol. The molecule has 1 aliphatic heterocycles. The van der Waals surface area contributed by atoms with Crippen LogP contribution in [0.4, 0.5) is 0 Å². The lowest BCUT2D eigenvalue weighted by Crippen LogP contribution is -2.37. The number of amides is 3. The van der Waals surface area contributed by atoms with Gasteiger partial charge in [0.1, 0.15) is 0 Å². The molecule has 122 valence electrons. The molecule has 0 bridgehead atoms. The maximum Gasteiger partial charge on any atom is 0.255 e. The molecule has 0 radical (unpaired) electrons. The van der Waals surface area contributed by atoms with E-state index in [2.05, 4.69) is 16.0 Å². The molecule has 0 aromatic carbocycles. The maximum absolute atomic E-state index is 11.9. The quantitative estimate of drug-likeness (QED) is 0.496. The molecule has 0 saturated carbocycles. The van der Waals surface area contributed by atoms with Crippen LogP contribution < -0.4 is 16.0 Å². The number of imide groups is 1. The Hall–Kier alpha value is -1.80. The number of hydrogen-bond acceptors (Lipinski definition) is 6. The van der Waals surface area contributed by atoms with E-state index >= 15 is 0 Å². The summed E-state index contributed by atoms with van der Waals surface area (Å²) in [5, 5.41) is 16.6. The van der Waals surface area contributed by atoms with Gasteiger partial charge in [0.15, 0.2) is 0 Å². The fourth-order valence-electron chi connectivity index (χ4n) is 1.65. The smallest absolute Gasteiger partial charge is 0.255 e. The molecule has 0 fully saturated rings. The van der Waals surface area contributed by atoms with Gasteiger partial charge in [-0.25, -0.2) is 0 Å². The van der Waals surface area contributed by atoms with Crippen LogP contribution in [0.15, 0.2) is 22.5 Å². The highest BCUT2D eigenvalue weighted by Gasteiger charge is 2.20. The molecule has 1 aliphatic rings. The van der Waals surface area contributed by atoms with E-state index in [1.165, 1.54) is 11.8 Å². The van der Waals surface area contributed by atoms with Crippen LogP contribution in [0.2, 0.25) is 0 Å². The third-order valence-corrected chi connectivity index (χ3v) is 4.13. The zero-order chi connectivity index (χ0) is 16.7. The minimum absolute atomic E-state index is 0.0975. The molecule has 0 saturated heterocycles. The average Bonchev–Trinajstić information content (AvgIpc) is 2.49. The summed E-state index contributed by atoms with van der Waals surface area (Å²) in [6.07, 6.45) is 0. The minimum atomic E-state index is -0.440. The molecule has 0 spiro atoms. The van der Waals surface area contributed by atoms with E-state index in [0.29, 0.717) is 28.3 Å². The molecule has 1 rings (SSSR count). The standard InChI is InChI=1S/C14H21N3O4S/c1-8-10(3)16-11(9(2)14(21)17-13(8)20)6-22-7-12(19)15-4-5-18/h16,18H,4-7H2,1-3H3,(H,15,19)(H,17,20,21)/b10-8-,11-9-. The first-order valence-electron chi connectivity index (χ1n) is 6.82. The van der Waals surface area contributed by atoms with Crippen molar-refractivity contribution >= 4 is 29.5 Å². The fraction of sp³-hybridized carbons (Fsp3) is 0.500. The van der Waals surface area contributed by atoms with Crippen molar-refractivity contribution in [1.82, 2.24) is 16.0 Å². The lowest BCUT2D eigenvalue weighted by molar-refractivity contribution is -0.126. The molecule has 7 nitrogen and oxygen atoms in total. The summed E-state index contributed by atoms with van der Waals surface area (Å²) >= 11 is 1.34. The van der Waals surface area contributed by atoms with Crippen molar-refractivity contribution in [2.24, 2.45) is 0 Å². The van der Waals surface area contributed by atoms with Gasteiger partial charge in [0, 0.05) is 34.8 Å². The number of hydrogen-bond donors (Lipinski definition) is 4. The van der Waals surface area contributed by atoms with Crippen LogP contribution in [0.1, 0.15) is 20.8 Å². The number of aliphatic hydroxyl groups is 1. The Kier molecular flexibility index (Phi) is 7.13. The zero-order valence-corrected chi connectivity index (χ0v) is 13.7. The predicted molar refractivity (Wildman–Crippen MR) is 84.8 cm³/mol. The molecule has 1 heterocycles. The number of thioether (sulfide) groups is 1. The monoisotopic (exact) mass is 327 g/mol. The number of allylic oxidation sites excluding steroid dienone is 1. The highest BCUT2D eigenvalue weighted by Crippen LogP contribution is 2.15. The van der Waals surface area contributed by atoms with E-state index in [0.717, 1.165) is 0 Å². The molecule has 22 heavy (non-hydrogen) atoms. The van der Waals surface area contributed by atoms with Crippen LogP contribution >= 0.6 is 11.8 Å². The van der Waals surface area contributed by atoms with Gasteiger partial charge in [-0.2, -0.15) is 0 Å². The lowest BCUT2D eigenvalue weighted by atomic mass is 10.1. The Morgan fingerprint density at radius 2 is 1.77 bits per heavy atom. The Morgan fingerprint density at radius 1 is 1.14 bits per heavy atom. The van der Waals surface area contributed by atoms with Gasteiger partial charge in [-0.1, -0.05) is 0 Å². The van der Waals surface area contributed by atoms with Crippen molar-refractivity contribution in [1.29, 1.82) is 0 Å². The summed E-state index contributed by atoms with van der Waals surface area (Å²) in [5.41, 5.74) is 2.21. The van der Waals surface area contributed by atoms with E-state index in [1.54, 1.807) is 20.8 Å². The first-order chi connectivity index (χ1) is 10.4. The number of aliphatic hydroxyl groups excluding tert-OH is 1. The van der Waals surface area contributed by atoms with E-state index in [-0.39, 0.29) is 24.8 Å². The normalized spacial score (nSPS) is 22.5. The number of carbonyl (C=O) groups excluding carboxylic acids is 3. The topological polar surface area (TPSA) is 108 Å². The van der Waals surface area contributed by atoms with Crippen LogP contribution in [0, 0.1) is 0 Å². The van der Waals surface area contributed by atoms with Gasteiger partial charge >= 0.3 is 0 Å². The molecule has 0 aromatic rings. The van der Waals surface area contributed by atoms with Crippen molar-refractivity contribution in [3.63, 3.8) is 0 Å². The summed E-state index contributed by atoms with van der Waals surface area (Å²) < 4.78 is 0. The van der Waals surface area contributed by atoms with E-state index in [1.807, 2.05) is 0 Å². The Bertz CT molecular complexity index is 540. The summed E-state index contributed by atoms with van der Waals surface area (Å²) in [6, 6.07) is 0. The van der Waals surface area contributed by atoms with Crippen molar-refractivity contribution in [3.05, 3.63) is 22.5 Å². The van der Waals surface area contributed by atoms with E-state index in [9.17, 15) is 14.4 Å². The number of nitrogens with one attached hydrogen (secondary N) is 3. The second kappa shape index (κ2) is 8.60. The summed E-state index contributed by atoms with van der Waals surface area (Å²) in [4.78, 5) is 35.1. The van der Waals surface area contributed by atoms with Crippen molar-refractivity contribution < 1.29 is 19.5 Å². The molecular formula is C14H21N3O4S. The van der Waals surface area contributed by atoms with Crippen molar-refractivity contribution in [3.8, 4) is 0 Å². The second-order valence-electron chi connectivity index (χ2n) is 4.83. The van der Waals surface area contributed by atoms with Gasteiger partial charge < -0.3 is 15.7 Å². The van der Waals surface area contributed by atoms with Crippen LogP contribution in [0.5, 0.6) is 0 Å². The summed E-state index contributed by atoms with van der Waals surface area (Å²) in [7, 11) is 0. The summed E-state index contributed by atoms with van der Waals surface area (Å²) in [5.74, 6) is -0.369. The Labute approximate surface area is 133 Å². The Balaban J connectivity index is 2.70. The van der Waals surface area contributed by atoms with Gasteiger partial charge in [-0.05, 0) is 20.8 Å². The Morgan fingerprint density at radius 3 is 2.41 bits per heavy atom. The van der Waals surface area contributed by atoms with Gasteiger partial charge in [0.25, 0.3) is 11.8 Å². The zero-order valence-electron chi connectivity index (χ0n) is 12.9. The third-order valence-electron chi connectivity index (χ3n) is 3.18. The van der Waals surface area contributed by atoms with Crippen LogP contribution in [-0.2, 0) is 14.4 Å². The van der Waals surface area contributed by atoms with Gasteiger partial charge in [0.2, 0.25) is 5.91 Å². The average molecular weight is 327 g/mol. The molecule has 0 aromatic heterocycles. The van der Waals surface area contributed by atoms with Crippen LogP contribution in [-0.4, -0.2) is 47.5 Å². The van der Waals surface area contributed by atoms with Crippen LogP contribution in [0.3, 0.4) is 0 Å². The van der Waals surface area contributed by atoms with Gasteiger partial charge in [0.05, 0.1) is 12.4 Å². The lowest BCUT2D eigenvalue weighted by Gasteiger charge is -2.19. The SMILES string of the molecule is C/C1=C(\C)C(=O)NC(=O)/C(C)=C(/CSCC(=O)NCCO)N1. The van der Waals surface area contributed by atoms with E-state index in [4.69, 9.17) is 5.11 Å². The third kappa shape index (κ3) is 5.19. The molecule has 8 heteroatoms. The molecule has 0 aliphatic carbocycles. The first kappa shape index (κ1) is 18.2. The molecule has 4 N–H and O–H groups in total. The minimum Gasteiger partial charge on any atom is -0.395 e. The second-order valence-corrected chi connectivity index (χ2v) is 5.81. The summed E-state index contributed by atoms with van der Waals surface area (Å²) in [6.45, 7) is 5.16. The number of carbonyl (C=O) groups is 3. The number of rotatable bonds is 6. The first-order valence-corrected chi connectivity index (χ1v) is 7.97. The highest BCUT2D eigenvalue weighted by atomic mass is 32.2.